The van der Waals surface area contributed by atoms with Gasteiger partial charge in [-0.2, -0.15) is 0 Å². The van der Waals surface area contributed by atoms with E-state index < -0.39 is 11.9 Å². The number of allylic oxidation sites excluding steroid dienone is 1. The number of amides is 1. The first kappa shape index (κ1) is 21.5. The van der Waals surface area contributed by atoms with Gasteiger partial charge in [0.15, 0.2) is 0 Å². The molecule has 1 heterocycles. The molecule has 0 aromatic heterocycles. The van der Waals surface area contributed by atoms with Crippen LogP contribution < -0.4 is 4.90 Å². The van der Waals surface area contributed by atoms with Crippen molar-refractivity contribution in [1.82, 2.24) is 0 Å². The van der Waals surface area contributed by atoms with Gasteiger partial charge in [-0.15, -0.1) is 0 Å². The molecule has 3 rings (SSSR count). The Kier molecular flexibility index (Phi) is 6.52. The summed E-state index contributed by atoms with van der Waals surface area (Å²) in [6.45, 7) is 3.70. The number of methoxy groups -OCH3 is 1. The van der Waals surface area contributed by atoms with Gasteiger partial charge in [0.25, 0.3) is 5.91 Å². The number of benzene rings is 2. The second kappa shape index (κ2) is 9.09. The lowest BCUT2D eigenvalue weighted by Gasteiger charge is -2.18. The summed E-state index contributed by atoms with van der Waals surface area (Å²) >= 11 is 3.41. The molecule has 1 amide bonds. The molecule has 0 fully saturated rings. The molecule has 154 valence electrons. The minimum absolute atomic E-state index is 0.206. The zero-order valence-electron chi connectivity index (χ0n) is 16.8. The summed E-state index contributed by atoms with van der Waals surface area (Å²) in [4.78, 5) is 39.0. The summed E-state index contributed by atoms with van der Waals surface area (Å²) in [5, 5.41) is 0. The van der Waals surface area contributed by atoms with Gasteiger partial charge in [-0.3, -0.25) is 9.69 Å². The Bertz CT molecular complexity index is 1070. The van der Waals surface area contributed by atoms with Gasteiger partial charge >= 0.3 is 11.9 Å². The van der Waals surface area contributed by atoms with Crippen molar-refractivity contribution in [2.75, 3.05) is 18.6 Å². The van der Waals surface area contributed by atoms with Crippen molar-refractivity contribution in [3.8, 4) is 0 Å². The van der Waals surface area contributed by atoms with Crippen LogP contribution in [0.25, 0.3) is 6.08 Å². The van der Waals surface area contributed by atoms with E-state index in [9.17, 15) is 14.4 Å². The van der Waals surface area contributed by atoms with Crippen LogP contribution in [-0.4, -0.2) is 31.6 Å². The fourth-order valence-electron chi connectivity index (χ4n) is 3.21. The molecule has 0 saturated carbocycles. The summed E-state index contributed by atoms with van der Waals surface area (Å²) in [6, 6.07) is 13.9. The Morgan fingerprint density at radius 1 is 1.10 bits per heavy atom. The van der Waals surface area contributed by atoms with Crippen LogP contribution in [0.5, 0.6) is 0 Å². The van der Waals surface area contributed by atoms with Crippen molar-refractivity contribution in [3.05, 3.63) is 81.0 Å². The predicted molar refractivity (Wildman–Crippen MR) is 117 cm³/mol. The number of halogens is 1. The van der Waals surface area contributed by atoms with Crippen LogP contribution in [0.3, 0.4) is 0 Å². The lowest BCUT2D eigenvalue weighted by atomic mass is 10.0. The second-order valence-electron chi connectivity index (χ2n) is 6.47. The first-order chi connectivity index (χ1) is 14.4. The van der Waals surface area contributed by atoms with Gasteiger partial charge in [0, 0.05) is 15.9 Å². The monoisotopic (exact) mass is 469 g/mol. The molecule has 0 N–H and O–H groups in total. The Morgan fingerprint density at radius 3 is 2.40 bits per heavy atom. The fraction of sp³-hybridized carbons (Fsp3) is 0.174. The minimum Gasteiger partial charge on any atom is -0.465 e. The SMILES string of the molecule is CCOC(=O)c1ccc(N2C(=O)/C(=C\c3cccc(Br)c3)C(C(=O)OC)=C2C)cc1. The fourth-order valence-corrected chi connectivity index (χ4v) is 3.63. The molecule has 2 aromatic carbocycles. The molecule has 7 heteroatoms. The number of ether oxygens (including phenoxy) is 2. The molecular formula is C23H20BrNO5. The average molecular weight is 470 g/mol. The van der Waals surface area contributed by atoms with E-state index in [1.165, 1.54) is 12.0 Å². The summed E-state index contributed by atoms with van der Waals surface area (Å²) in [6.07, 6.45) is 1.66. The number of carbonyl (C=O) groups is 3. The van der Waals surface area contributed by atoms with Crippen molar-refractivity contribution in [1.29, 1.82) is 0 Å². The first-order valence-corrected chi connectivity index (χ1v) is 10.0. The summed E-state index contributed by atoms with van der Waals surface area (Å²) in [7, 11) is 1.28. The van der Waals surface area contributed by atoms with Crippen LogP contribution >= 0.6 is 15.9 Å². The number of rotatable bonds is 5. The molecule has 0 radical (unpaired) electrons. The first-order valence-electron chi connectivity index (χ1n) is 9.25. The van der Waals surface area contributed by atoms with Crippen molar-refractivity contribution in [2.24, 2.45) is 0 Å². The summed E-state index contributed by atoms with van der Waals surface area (Å²) in [5.74, 6) is -1.38. The van der Waals surface area contributed by atoms with E-state index in [0.717, 1.165) is 10.0 Å². The number of hydrogen-bond donors (Lipinski definition) is 0. The van der Waals surface area contributed by atoms with E-state index >= 15 is 0 Å². The van der Waals surface area contributed by atoms with Gasteiger partial charge in [0.2, 0.25) is 0 Å². The smallest absolute Gasteiger partial charge is 0.340 e. The zero-order chi connectivity index (χ0) is 21.8. The molecular weight excluding hydrogens is 450 g/mol. The predicted octanol–water partition coefficient (Wildman–Crippen LogP) is 4.50. The van der Waals surface area contributed by atoms with Gasteiger partial charge in [0.05, 0.1) is 30.4 Å². The lowest BCUT2D eigenvalue weighted by Crippen LogP contribution is -2.24. The highest BCUT2D eigenvalue weighted by Gasteiger charge is 2.37. The van der Waals surface area contributed by atoms with Crippen LogP contribution in [0.2, 0.25) is 0 Å². The quantitative estimate of drug-likeness (QED) is 0.475. The van der Waals surface area contributed by atoms with Gasteiger partial charge in [0.1, 0.15) is 0 Å². The largest absolute Gasteiger partial charge is 0.465 e. The number of esters is 2. The van der Waals surface area contributed by atoms with E-state index in [0.29, 0.717) is 16.9 Å². The summed E-state index contributed by atoms with van der Waals surface area (Å²) in [5.41, 5.74) is 2.58. The molecule has 0 saturated heterocycles. The second-order valence-corrected chi connectivity index (χ2v) is 7.39. The number of carbonyl (C=O) groups excluding carboxylic acids is 3. The molecule has 0 spiro atoms. The Hall–Kier alpha value is -3.19. The highest BCUT2D eigenvalue weighted by atomic mass is 79.9. The minimum atomic E-state index is -0.590. The zero-order valence-corrected chi connectivity index (χ0v) is 18.4. The maximum atomic E-state index is 13.3. The van der Waals surface area contributed by atoms with E-state index in [-0.39, 0.29) is 23.7 Å². The van der Waals surface area contributed by atoms with Crippen LogP contribution in [0.1, 0.15) is 29.8 Å². The maximum absolute atomic E-state index is 13.3. The highest BCUT2D eigenvalue weighted by molar-refractivity contribution is 9.10. The van der Waals surface area contributed by atoms with Crippen molar-refractivity contribution < 1.29 is 23.9 Å². The van der Waals surface area contributed by atoms with E-state index in [1.54, 1.807) is 44.2 Å². The molecule has 0 bridgehead atoms. The summed E-state index contributed by atoms with van der Waals surface area (Å²) < 4.78 is 10.8. The van der Waals surface area contributed by atoms with Gasteiger partial charge in [-0.05, 0) is 61.9 Å². The van der Waals surface area contributed by atoms with Crippen molar-refractivity contribution >= 4 is 45.5 Å². The lowest BCUT2D eigenvalue weighted by molar-refractivity contribution is -0.136. The van der Waals surface area contributed by atoms with Gasteiger partial charge < -0.3 is 9.47 Å². The van der Waals surface area contributed by atoms with Crippen LogP contribution in [0.15, 0.2) is 69.8 Å². The molecule has 0 unspecified atom stereocenters. The van der Waals surface area contributed by atoms with Gasteiger partial charge in [-0.1, -0.05) is 28.1 Å². The average Bonchev–Trinajstić information content (AvgIpc) is 2.97. The number of nitrogens with zero attached hydrogens (tertiary/aromatic N) is 1. The molecule has 2 aromatic rings. The normalized spacial score (nSPS) is 15.0. The standard InChI is InChI=1S/C23H20BrNO5/c1-4-30-22(27)16-8-10-18(11-9-16)25-14(2)20(23(28)29-3)19(21(25)26)13-15-6-5-7-17(24)12-15/h5-13H,4H2,1-3H3/b19-13-. The van der Waals surface area contributed by atoms with Gasteiger partial charge in [-0.25, -0.2) is 9.59 Å². The van der Waals surface area contributed by atoms with Crippen LogP contribution in [-0.2, 0) is 19.1 Å². The third-order valence-corrected chi connectivity index (χ3v) is 5.08. The maximum Gasteiger partial charge on any atom is 0.340 e. The molecule has 1 aliphatic rings. The van der Waals surface area contributed by atoms with Crippen LogP contribution in [0.4, 0.5) is 5.69 Å². The molecule has 0 atom stereocenters. The highest BCUT2D eigenvalue weighted by Crippen LogP contribution is 2.35. The topological polar surface area (TPSA) is 72.9 Å². The third-order valence-electron chi connectivity index (χ3n) is 4.59. The molecule has 30 heavy (non-hydrogen) atoms. The molecule has 0 aliphatic carbocycles. The molecule has 6 nitrogen and oxygen atoms in total. The Morgan fingerprint density at radius 2 is 1.80 bits per heavy atom. The van der Waals surface area contributed by atoms with Crippen molar-refractivity contribution in [2.45, 2.75) is 13.8 Å². The Labute approximate surface area is 182 Å². The van der Waals surface area contributed by atoms with E-state index in [1.807, 2.05) is 24.3 Å². The van der Waals surface area contributed by atoms with Crippen LogP contribution in [0, 0.1) is 0 Å². The van der Waals surface area contributed by atoms with E-state index in [2.05, 4.69) is 15.9 Å². The number of hydrogen-bond acceptors (Lipinski definition) is 5. The number of anilines is 1. The molecule has 1 aliphatic heterocycles. The Balaban J connectivity index is 2.04. The van der Waals surface area contributed by atoms with E-state index in [4.69, 9.17) is 9.47 Å². The van der Waals surface area contributed by atoms with Crippen molar-refractivity contribution in [3.63, 3.8) is 0 Å². The third kappa shape index (κ3) is 4.21.